The van der Waals surface area contributed by atoms with Crippen LogP contribution in [-0.2, 0) is 11.2 Å². The van der Waals surface area contributed by atoms with Crippen molar-refractivity contribution in [1.82, 2.24) is 14.7 Å². The first-order valence-electron chi connectivity index (χ1n) is 9.32. The van der Waals surface area contributed by atoms with Crippen LogP contribution in [0.5, 0.6) is 0 Å². The molecule has 1 aliphatic rings. The van der Waals surface area contributed by atoms with E-state index in [0.717, 1.165) is 36.4 Å². The summed E-state index contributed by atoms with van der Waals surface area (Å²) in [6, 6.07) is 13.1. The van der Waals surface area contributed by atoms with E-state index in [0.29, 0.717) is 24.9 Å². The first kappa shape index (κ1) is 17.3. The number of carbonyl (C=O) groups is 2. The van der Waals surface area contributed by atoms with Gasteiger partial charge in [0.05, 0.1) is 5.69 Å². The fourth-order valence-electron chi connectivity index (χ4n) is 3.39. The predicted molar refractivity (Wildman–Crippen MR) is 104 cm³/mol. The molecular weight excluding hydrogens is 340 g/mol. The summed E-state index contributed by atoms with van der Waals surface area (Å²) < 4.78 is 1.97. The first-order chi connectivity index (χ1) is 13.2. The van der Waals surface area contributed by atoms with Crippen molar-refractivity contribution in [1.29, 1.82) is 0 Å². The topological polar surface area (TPSA) is 66.7 Å². The number of benzene rings is 1. The van der Waals surface area contributed by atoms with E-state index in [4.69, 9.17) is 0 Å². The van der Waals surface area contributed by atoms with Crippen LogP contribution in [0.2, 0.25) is 0 Å². The van der Waals surface area contributed by atoms with Crippen LogP contribution in [0.3, 0.4) is 0 Å². The van der Waals surface area contributed by atoms with Gasteiger partial charge in [0.1, 0.15) is 5.65 Å². The van der Waals surface area contributed by atoms with Gasteiger partial charge < -0.3 is 14.6 Å². The second-order valence-electron chi connectivity index (χ2n) is 6.75. The van der Waals surface area contributed by atoms with Crippen molar-refractivity contribution in [2.75, 3.05) is 18.0 Å². The van der Waals surface area contributed by atoms with Gasteiger partial charge in [0.15, 0.2) is 0 Å². The van der Waals surface area contributed by atoms with Crippen LogP contribution in [0.15, 0.2) is 54.9 Å². The van der Waals surface area contributed by atoms with Crippen LogP contribution in [0.4, 0.5) is 5.69 Å². The lowest BCUT2D eigenvalue weighted by Gasteiger charge is -2.26. The maximum Gasteiger partial charge on any atom is 0.251 e. The number of nitrogens with zero attached hydrogens (tertiary/aromatic N) is 3. The predicted octanol–water partition coefficient (Wildman–Crippen LogP) is 2.82. The molecule has 0 unspecified atom stereocenters. The van der Waals surface area contributed by atoms with E-state index in [1.807, 2.05) is 47.1 Å². The molecule has 1 aliphatic heterocycles. The van der Waals surface area contributed by atoms with Crippen LogP contribution in [0.25, 0.3) is 5.65 Å². The molecule has 2 amide bonds. The van der Waals surface area contributed by atoms with E-state index in [-0.39, 0.29) is 11.8 Å². The summed E-state index contributed by atoms with van der Waals surface area (Å²) in [7, 11) is 0. The molecule has 0 atom stereocenters. The molecule has 6 nitrogen and oxygen atoms in total. The number of carbonyl (C=O) groups excluding carboxylic acids is 2. The highest BCUT2D eigenvalue weighted by Crippen LogP contribution is 2.21. The third-order valence-corrected chi connectivity index (χ3v) is 4.85. The minimum absolute atomic E-state index is 0.115. The number of fused-ring (bicyclic) bond motifs is 1. The number of hydrogen-bond acceptors (Lipinski definition) is 3. The Hall–Kier alpha value is -3.15. The van der Waals surface area contributed by atoms with Crippen LogP contribution in [-0.4, -0.2) is 34.3 Å². The Morgan fingerprint density at radius 2 is 1.96 bits per heavy atom. The fourth-order valence-corrected chi connectivity index (χ4v) is 3.39. The monoisotopic (exact) mass is 362 g/mol. The number of amides is 2. The zero-order chi connectivity index (χ0) is 18.6. The number of rotatable bonds is 5. The molecule has 27 heavy (non-hydrogen) atoms. The lowest BCUT2D eigenvalue weighted by Crippen LogP contribution is -2.35. The number of piperidine rings is 1. The van der Waals surface area contributed by atoms with Crippen molar-refractivity contribution >= 4 is 23.1 Å². The van der Waals surface area contributed by atoms with Gasteiger partial charge >= 0.3 is 0 Å². The zero-order valence-corrected chi connectivity index (χ0v) is 15.1. The smallest absolute Gasteiger partial charge is 0.251 e. The van der Waals surface area contributed by atoms with Crippen molar-refractivity contribution in [3.8, 4) is 0 Å². The van der Waals surface area contributed by atoms with Gasteiger partial charge in [-0.1, -0.05) is 6.07 Å². The quantitative estimate of drug-likeness (QED) is 0.759. The minimum Gasteiger partial charge on any atom is -0.352 e. The average Bonchev–Trinajstić information content (AvgIpc) is 3.11. The molecule has 138 valence electrons. The Kier molecular flexibility index (Phi) is 4.87. The lowest BCUT2D eigenvalue weighted by molar-refractivity contribution is -0.119. The second-order valence-corrected chi connectivity index (χ2v) is 6.75. The molecule has 4 rings (SSSR count). The van der Waals surface area contributed by atoms with Crippen LogP contribution < -0.4 is 10.2 Å². The van der Waals surface area contributed by atoms with E-state index in [2.05, 4.69) is 10.3 Å². The Morgan fingerprint density at radius 1 is 1.11 bits per heavy atom. The largest absolute Gasteiger partial charge is 0.352 e. The normalized spacial score (nSPS) is 14.5. The summed E-state index contributed by atoms with van der Waals surface area (Å²) in [6.45, 7) is 1.28. The van der Waals surface area contributed by atoms with Crippen molar-refractivity contribution in [2.24, 2.45) is 0 Å². The summed E-state index contributed by atoms with van der Waals surface area (Å²) in [5.41, 5.74) is 3.31. The summed E-state index contributed by atoms with van der Waals surface area (Å²) >= 11 is 0. The van der Waals surface area contributed by atoms with Gasteiger partial charge in [-0.3, -0.25) is 9.59 Å². The summed E-state index contributed by atoms with van der Waals surface area (Å²) in [5, 5.41) is 2.93. The van der Waals surface area contributed by atoms with Crippen molar-refractivity contribution < 1.29 is 9.59 Å². The van der Waals surface area contributed by atoms with E-state index in [9.17, 15) is 9.59 Å². The molecule has 0 saturated carbocycles. The molecule has 3 aromatic rings. The molecule has 1 N–H and O–H groups in total. The van der Waals surface area contributed by atoms with E-state index in [1.165, 1.54) is 0 Å². The molecular formula is C21H22N4O2. The van der Waals surface area contributed by atoms with E-state index >= 15 is 0 Å². The van der Waals surface area contributed by atoms with Gasteiger partial charge in [0.25, 0.3) is 5.91 Å². The summed E-state index contributed by atoms with van der Waals surface area (Å²) in [6.07, 6.45) is 7.20. The second kappa shape index (κ2) is 7.61. The molecule has 6 heteroatoms. The number of anilines is 1. The third-order valence-electron chi connectivity index (χ3n) is 4.85. The standard InChI is InChI=1S/C21H22N4O2/c26-20-6-2-4-14-25(20)18-9-7-16(8-10-18)21(27)22-12-11-17-15-24-13-3-1-5-19(24)23-17/h1,3,5,7-10,13,15H,2,4,6,11-12,14H2,(H,22,27). The molecule has 3 heterocycles. The van der Waals surface area contributed by atoms with Gasteiger partial charge in [-0.25, -0.2) is 4.98 Å². The molecule has 0 aliphatic carbocycles. The fraction of sp³-hybridized carbons (Fsp3) is 0.286. The van der Waals surface area contributed by atoms with E-state index < -0.39 is 0 Å². The summed E-state index contributed by atoms with van der Waals surface area (Å²) in [5.74, 6) is 0.0428. The Morgan fingerprint density at radius 3 is 2.74 bits per heavy atom. The maximum absolute atomic E-state index is 12.3. The highest BCUT2D eigenvalue weighted by Gasteiger charge is 2.19. The SMILES string of the molecule is O=C(NCCc1cn2ccccc2n1)c1ccc(N2CCCCC2=O)cc1. The Labute approximate surface area is 157 Å². The Balaban J connectivity index is 1.33. The minimum atomic E-state index is -0.115. The number of imidazole rings is 1. The van der Waals surface area contributed by atoms with Gasteiger partial charge in [-0.15, -0.1) is 0 Å². The van der Waals surface area contributed by atoms with Gasteiger partial charge in [0.2, 0.25) is 5.91 Å². The molecule has 0 bridgehead atoms. The number of nitrogens with one attached hydrogen (secondary N) is 1. The van der Waals surface area contributed by atoms with Crippen LogP contribution in [0, 0.1) is 0 Å². The Bertz CT molecular complexity index is 929. The van der Waals surface area contributed by atoms with Crippen molar-refractivity contribution in [2.45, 2.75) is 25.7 Å². The number of hydrogen-bond donors (Lipinski definition) is 1. The van der Waals surface area contributed by atoms with Gasteiger partial charge in [-0.2, -0.15) is 0 Å². The van der Waals surface area contributed by atoms with Gasteiger partial charge in [-0.05, 0) is 49.2 Å². The maximum atomic E-state index is 12.3. The highest BCUT2D eigenvalue weighted by molar-refractivity contribution is 5.96. The van der Waals surface area contributed by atoms with Crippen molar-refractivity contribution in [3.05, 3.63) is 66.1 Å². The first-order valence-corrected chi connectivity index (χ1v) is 9.32. The van der Waals surface area contributed by atoms with Gasteiger partial charge in [0, 0.05) is 49.6 Å². The molecule has 0 radical (unpaired) electrons. The number of aromatic nitrogens is 2. The summed E-state index contributed by atoms with van der Waals surface area (Å²) in [4.78, 5) is 30.7. The zero-order valence-electron chi connectivity index (χ0n) is 15.1. The molecule has 0 spiro atoms. The lowest BCUT2D eigenvalue weighted by atomic mass is 10.1. The van der Waals surface area contributed by atoms with Crippen LogP contribution >= 0.6 is 0 Å². The average molecular weight is 362 g/mol. The molecule has 2 aromatic heterocycles. The third kappa shape index (κ3) is 3.84. The molecule has 1 saturated heterocycles. The van der Waals surface area contributed by atoms with Crippen LogP contribution in [0.1, 0.15) is 35.3 Å². The van der Waals surface area contributed by atoms with Crippen molar-refractivity contribution in [3.63, 3.8) is 0 Å². The molecule has 1 aromatic carbocycles. The van der Waals surface area contributed by atoms with E-state index in [1.54, 1.807) is 17.0 Å². The molecule has 1 fully saturated rings. The number of pyridine rings is 1. The highest BCUT2D eigenvalue weighted by atomic mass is 16.2.